The van der Waals surface area contributed by atoms with Crippen LogP contribution >= 0.6 is 7.92 Å². The average molecular weight is 557 g/mol. The van der Waals surface area contributed by atoms with E-state index in [1.807, 2.05) is 6.07 Å². The minimum Gasteiger partial charge on any atom is -0.282 e. The van der Waals surface area contributed by atoms with Gasteiger partial charge in [0.05, 0.1) is 0 Å². The maximum Gasteiger partial charge on any atom is 0.295 e. The molecule has 2 aromatic rings. The molecule has 0 heterocycles. The van der Waals surface area contributed by atoms with Gasteiger partial charge in [0, 0.05) is 5.30 Å². The van der Waals surface area contributed by atoms with Gasteiger partial charge in [0.15, 0.2) is 0 Å². The Morgan fingerprint density at radius 1 is 0.763 bits per heavy atom. The smallest absolute Gasteiger partial charge is 0.282 e. The van der Waals surface area contributed by atoms with Gasteiger partial charge < -0.3 is 0 Å². The minimum atomic E-state index is -4.34. The second kappa shape index (κ2) is 13.9. The van der Waals surface area contributed by atoms with Crippen molar-refractivity contribution in [1.29, 1.82) is 0 Å². The molecule has 0 amide bonds. The van der Waals surface area contributed by atoms with Crippen LogP contribution in [0, 0.1) is 0 Å². The highest BCUT2D eigenvalue weighted by molar-refractivity contribution is 7.87. The van der Waals surface area contributed by atoms with Crippen molar-refractivity contribution >= 4 is 23.3 Å². The summed E-state index contributed by atoms with van der Waals surface area (Å²) < 4.78 is 36.7. The van der Waals surface area contributed by atoms with Crippen LogP contribution in [0.2, 0.25) is 0 Å². The first-order chi connectivity index (χ1) is 18.4. The van der Waals surface area contributed by atoms with E-state index in [9.17, 15) is 13.0 Å². The van der Waals surface area contributed by atoms with E-state index in [2.05, 4.69) is 39.0 Å². The zero-order valence-corrected chi connectivity index (χ0v) is 25.7. The topological polar surface area (TPSA) is 54.4 Å². The number of hydrogen-bond donors (Lipinski definition) is 1. The lowest BCUT2D eigenvalue weighted by atomic mass is 9.87. The molecule has 2 fully saturated rings. The molecule has 0 bridgehead atoms. The van der Waals surface area contributed by atoms with Crippen molar-refractivity contribution in [3.63, 3.8) is 0 Å². The molecule has 5 heteroatoms. The molecular formula is C33H49O3PS. The standard InChI is InChI=1S/C33H49O3PS/c1-4-14-25-23-26(15-5-2)32(27(24-25)16-6-3)30-21-13-22-31(38(34,35)36)33(30)37(28-17-9-7-10-18-28)29-19-11-8-12-20-29/h13,21-24,28-29H,4-12,14-20H2,1-3H3,(H,34,35,36). The number of hydrogen-bond acceptors (Lipinski definition) is 2. The summed E-state index contributed by atoms with van der Waals surface area (Å²) in [5.74, 6) is 0. The van der Waals surface area contributed by atoms with Crippen molar-refractivity contribution < 1.29 is 13.0 Å². The summed E-state index contributed by atoms with van der Waals surface area (Å²) in [4.78, 5) is 0.194. The van der Waals surface area contributed by atoms with Crippen LogP contribution < -0.4 is 5.30 Å². The largest absolute Gasteiger partial charge is 0.295 e. The summed E-state index contributed by atoms with van der Waals surface area (Å²) >= 11 is 0. The number of benzene rings is 2. The summed E-state index contributed by atoms with van der Waals surface area (Å²) in [7, 11) is -5.06. The molecule has 210 valence electrons. The molecule has 0 atom stereocenters. The van der Waals surface area contributed by atoms with Crippen LogP contribution in [0.3, 0.4) is 0 Å². The Labute approximate surface area is 233 Å². The molecule has 2 saturated carbocycles. The highest BCUT2D eigenvalue weighted by atomic mass is 32.2. The molecule has 2 aliphatic carbocycles. The van der Waals surface area contributed by atoms with Gasteiger partial charge >= 0.3 is 0 Å². The van der Waals surface area contributed by atoms with E-state index in [1.165, 1.54) is 86.5 Å². The van der Waals surface area contributed by atoms with Crippen LogP contribution in [0.15, 0.2) is 35.2 Å². The van der Waals surface area contributed by atoms with Gasteiger partial charge in [-0.3, -0.25) is 4.55 Å². The van der Waals surface area contributed by atoms with E-state index in [0.717, 1.165) is 49.4 Å². The van der Waals surface area contributed by atoms with Gasteiger partial charge in [-0.25, -0.2) is 0 Å². The molecule has 2 aliphatic rings. The molecule has 38 heavy (non-hydrogen) atoms. The zero-order valence-electron chi connectivity index (χ0n) is 24.0. The van der Waals surface area contributed by atoms with E-state index in [4.69, 9.17) is 0 Å². The minimum absolute atomic E-state index is 0.194. The van der Waals surface area contributed by atoms with Gasteiger partial charge in [-0.05, 0) is 90.1 Å². The third-order valence-corrected chi connectivity index (χ3v) is 13.3. The predicted octanol–water partition coefficient (Wildman–Crippen LogP) is 9.23. The molecule has 0 radical (unpaired) electrons. The van der Waals surface area contributed by atoms with Crippen molar-refractivity contribution in [1.82, 2.24) is 0 Å². The maximum absolute atomic E-state index is 13.0. The van der Waals surface area contributed by atoms with Crippen LogP contribution in [-0.4, -0.2) is 24.3 Å². The fourth-order valence-electron chi connectivity index (χ4n) is 7.13. The first-order valence-corrected chi connectivity index (χ1v) is 18.3. The average Bonchev–Trinajstić information content (AvgIpc) is 2.90. The van der Waals surface area contributed by atoms with Gasteiger partial charge in [-0.15, -0.1) is 0 Å². The van der Waals surface area contributed by atoms with Crippen molar-refractivity contribution in [2.24, 2.45) is 0 Å². The summed E-state index contributed by atoms with van der Waals surface area (Å²) in [6, 6.07) is 10.6. The second-order valence-corrected chi connectivity index (χ2v) is 15.8. The van der Waals surface area contributed by atoms with E-state index in [1.54, 1.807) is 6.07 Å². The highest BCUT2D eigenvalue weighted by Crippen LogP contribution is 2.57. The highest BCUT2D eigenvalue weighted by Gasteiger charge is 2.37. The molecule has 1 N–H and O–H groups in total. The van der Waals surface area contributed by atoms with E-state index in [-0.39, 0.29) is 4.90 Å². The fraction of sp³-hybridized carbons (Fsp3) is 0.636. The SMILES string of the molecule is CCCc1cc(CCC)c(-c2cccc(S(=O)(=O)O)c2P(C2CCCCC2)C2CCCCC2)c(CCC)c1. The van der Waals surface area contributed by atoms with Crippen LogP contribution in [0.4, 0.5) is 0 Å². The summed E-state index contributed by atoms with van der Waals surface area (Å²) in [5.41, 5.74) is 7.60. The Hall–Kier alpha value is -1.22. The van der Waals surface area contributed by atoms with Crippen molar-refractivity contribution in [2.45, 2.75) is 140 Å². The fourth-order valence-corrected chi connectivity index (χ4v) is 12.4. The summed E-state index contributed by atoms with van der Waals surface area (Å²) in [6.07, 6.45) is 18.6. The Morgan fingerprint density at radius 2 is 1.26 bits per heavy atom. The van der Waals surface area contributed by atoms with E-state index >= 15 is 0 Å². The van der Waals surface area contributed by atoms with Crippen LogP contribution in [0.5, 0.6) is 0 Å². The Bertz CT molecular complexity index is 1120. The quantitative estimate of drug-likeness (QED) is 0.222. The van der Waals surface area contributed by atoms with Gasteiger partial charge in [-0.2, -0.15) is 8.42 Å². The molecule has 0 unspecified atom stereocenters. The predicted molar refractivity (Wildman–Crippen MR) is 164 cm³/mol. The van der Waals surface area contributed by atoms with Gasteiger partial charge in [0.1, 0.15) is 4.90 Å². The Kier molecular flexibility index (Phi) is 10.9. The Morgan fingerprint density at radius 3 is 1.71 bits per heavy atom. The monoisotopic (exact) mass is 556 g/mol. The Balaban J connectivity index is 2.03. The first-order valence-electron chi connectivity index (χ1n) is 15.4. The third kappa shape index (κ3) is 6.91. The molecular weight excluding hydrogens is 507 g/mol. The van der Waals surface area contributed by atoms with Crippen molar-refractivity contribution in [3.05, 3.63) is 47.0 Å². The molecule has 3 nitrogen and oxygen atoms in total. The lowest BCUT2D eigenvalue weighted by Gasteiger charge is -2.40. The van der Waals surface area contributed by atoms with Gasteiger partial charge in [0.2, 0.25) is 0 Å². The molecule has 0 spiro atoms. The second-order valence-electron chi connectivity index (χ2n) is 11.7. The lowest BCUT2D eigenvalue weighted by Crippen LogP contribution is -2.30. The van der Waals surface area contributed by atoms with E-state index < -0.39 is 18.0 Å². The van der Waals surface area contributed by atoms with Gasteiger partial charge in [0.25, 0.3) is 10.1 Å². The molecule has 4 rings (SSSR count). The summed E-state index contributed by atoms with van der Waals surface area (Å²) in [6.45, 7) is 6.71. The molecule has 2 aromatic carbocycles. The van der Waals surface area contributed by atoms with Gasteiger partial charge in [-0.1, -0.05) is 111 Å². The number of aryl methyl sites for hydroxylation is 3. The third-order valence-electron chi connectivity index (χ3n) is 8.68. The lowest BCUT2D eigenvalue weighted by molar-refractivity contribution is 0.482. The molecule has 0 aromatic heterocycles. The van der Waals surface area contributed by atoms with Crippen LogP contribution in [0.1, 0.15) is 121 Å². The first kappa shape index (κ1) is 29.8. The maximum atomic E-state index is 13.0. The van der Waals surface area contributed by atoms with Crippen molar-refractivity contribution in [2.75, 3.05) is 0 Å². The number of rotatable bonds is 11. The van der Waals surface area contributed by atoms with Crippen LogP contribution in [-0.2, 0) is 29.4 Å². The zero-order chi connectivity index (χ0) is 27.1. The normalized spacial score (nSPS) is 17.8. The molecule has 0 saturated heterocycles. The molecule has 0 aliphatic heterocycles. The summed E-state index contributed by atoms with van der Waals surface area (Å²) in [5, 5.41) is 1.00. The van der Waals surface area contributed by atoms with Crippen LogP contribution in [0.25, 0.3) is 11.1 Å². The van der Waals surface area contributed by atoms with Crippen molar-refractivity contribution in [3.8, 4) is 11.1 Å². The van der Waals surface area contributed by atoms with E-state index in [0.29, 0.717) is 11.3 Å².